The minimum atomic E-state index is -0.352. The summed E-state index contributed by atoms with van der Waals surface area (Å²) >= 11 is 3.32. The molecule has 0 saturated carbocycles. The van der Waals surface area contributed by atoms with Crippen molar-refractivity contribution in [2.24, 2.45) is 0 Å². The molecule has 0 radical (unpaired) electrons. The number of ether oxygens (including phenoxy) is 1. The van der Waals surface area contributed by atoms with Crippen molar-refractivity contribution in [2.75, 3.05) is 20.1 Å². The molecule has 1 N–H and O–H groups in total. The van der Waals surface area contributed by atoms with Gasteiger partial charge in [-0.2, -0.15) is 0 Å². The van der Waals surface area contributed by atoms with E-state index in [4.69, 9.17) is 4.74 Å². The number of carbonyl (C=O) groups is 2. The Balaban J connectivity index is 1.90. The summed E-state index contributed by atoms with van der Waals surface area (Å²) < 4.78 is 5.79. The Labute approximate surface area is 113 Å². The number of benzene rings is 1. The van der Waals surface area contributed by atoms with Gasteiger partial charge < -0.3 is 15.0 Å². The molecular weight excluding hydrogens is 300 g/mol. The topological polar surface area (TPSA) is 58.6 Å². The van der Waals surface area contributed by atoms with Gasteiger partial charge in [0.2, 0.25) is 0 Å². The normalized spacial score (nSPS) is 18.7. The molecule has 96 valence electrons. The lowest BCUT2D eigenvalue weighted by Crippen LogP contribution is -2.34. The zero-order valence-electron chi connectivity index (χ0n) is 9.85. The molecule has 1 aliphatic rings. The number of cyclic esters (lactones) is 1. The average Bonchev–Trinajstić information content (AvgIpc) is 2.66. The van der Waals surface area contributed by atoms with E-state index in [1.165, 1.54) is 4.90 Å². The second-order valence-electron chi connectivity index (χ2n) is 4.08. The summed E-state index contributed by atoms with van der Waals surface area (Å²) in [5, 5.41) is 2.75. The van der Waals surface area contributed by atoms with Crippen LogP contribution in [-0.2, 0) is 4.74 Å². The van der Waals surface area contributed by atoms with Gasteiger partial charge in [0.15, 0.2) is 0 Å². The Morgan fingerprint density at radius 1 is 1.56 bits per heavy atom. The van der Waals surface area contributed by atoms with Gasteiger partial charge in [-0.05, 0) is 28.1 Å². The van der Waals surface area contributed by atoms with Crippen molar-refractivity contribution in [3.05, 3.63) is 34.3 Å². The quantitative estimate of drug-likeness (QED) is 0.923. The third kappa shape index (κ3) is 2.81. The first-order chi connectivity index (χ1) is 8.58. The van der Waals surface area contributed by atoms with Gasteiger partial charge >= 0.3 is 6.09 Å². The molecular formula is C12H13BrN2O3. The molecule has 1 heterocycles. The largest absolute Gasteiger partial charge is 0.442 e. The molecule has 2 rings (SSSR count). The SMILES string of the molecule is CN1CC(CNC(=O)c2ccccc2Br)OC1=O. The lowest BCUT2D eigenvalue weighted by Gasteiger charge is -2.10. The lowest BCUT2D eigenvalue weighted by molar-refractivity contribution is 0.0914. The van der Waals surface area contributed by atoms with Crippen molar-refractivity contribution in [3.63, 3.8) is 0 Å². The maximum absolute atomic E-state index is 11.9. The van der Waals surface area contributed by atoms with E-state index in [1.54, 1.807) is 25.2 Å². The van der Waals surface area contributed by atoms with Gasteiger partial charge in [-0.1, -0.05) is 12.1 Å². The van der Waals surface area contributed by atoms with Crippen LogP contribution in [0.2, 0.25) is 0 Å². The Bertz CT molecular complexity index is 478. The molecule has 0 aliphatic carbocycles. The molecule has 1 atom stereocenters. The maximum Gasteiger partial charge on any atom is 0.410 e. The van der Waals surface area contributed by atoms with Crippen LogP contribution in [0.25, 0.3) is 0 Å². The Hall–Kier alpha value is -1.56. The van der Waals surface area contributed by atoms with Crippen molar-refractivity contribution in [2.45, 2.75) is 6.10 Å². The number of rotatable bonds is 3. The summed E-state index contributed by atoms with van der Waals surface area (Å²) in [5.74, 6) is -0.187. The van der Waals surface area contributed by atoms with Gasteiger partial charge in [0.25, 0.3) is 5.91 Å². The first-order valence-electron chi connectivity index (χ1n) is 5.52. The number of amides is 2. The van der Waals surface area contributed by atoms with Crippen LogP contribution >= 0.6 is 15.9 Å². The molecule has 6 heteroatoms. The van der Waals surface area contributed by atoms with Gasteiger partial charge in [-0.15, -0.1) is 0 Å². The molecule has 1 saturated heterocycles. The molecule has 5 nitrogen and oxygen atoms in total. The highest BCUT2D eigenvalue weighted by Crippen LogP contribution is 2.15. The van der Waals surface area contributed by atoms with Gasteiger partial charge in [0.05, 0.1) is 18.7 Å². The number of likely N-dealkylation sites (N-methyl/N-ethyl adjacent to an activating group) is 1. The van der Waals surface area contributed by atoms with Crippen LogP contribution in [0.3, 0.4) is 0 Å². The van der Waals surface area contributed by atoms with Gasteiger partial charge in [0.1, 0.15) is 6.10 Å². The summed E-state index contributed by atoms with van der Waals surface area (Å²) in [4.78, 5) is 24.5. The van der Waals surface area contributed by atoms with Crippen LogP contribution in [0.1, 0.15) is 10.4 Å². The summed E-state index contributed by atoms with van der Waals surface area (Å²) in [7, 11) is 1.66. The van der Waals surface area contributed by atoms with Crippen molar-refractivity contribution in [1.29, 1.82) is 0 Å². The predicted molar refractivity (Wildman–Crippen MR) is 69.4 cm³/mol. The van der Waals surface area contributed by atoms with E-state index < -0.39 is 0 Å². The van der Waals surface area contributed by atoms with Crippen molar-refractivity contribution in [1.82, 2.24) is 10.2 Å². The molecule has 1 aromatic rings. The highest BCUT2D eigenvalue weighted by molar-refractivity contribution is 9.10. The zero-order valence-corrected chi connectivity index (χ0v) is 11.4. The number of nitrogens with zero attached hydrogens (tertiary/aromatic N) is 1. The molecule has 18 heavy (non-hydrogen) atoms. The molecule has 2 amide bonds. The molecule has 0 aromatic heterocycles. The fourth-order valence-corrected chi connectivity index (χ4v) is 2.17. The van der Waals surface area contributed by atoms with Gasteiger partial charge in [-0.25, -0.2) is 4.79 Å². The first kappa shape index (κ1) is 12.9. The Kier molecular flexibility index (Phi) is 3.86. The second kappa shape index (κ2) is 5.39. The molecule has 1 aliphatic heterocycles. The van der Waals surface area contributed by atoms with E-state index >= 15 is 0 Å². The average molecular weight is 313 g/mol. The molecule has 1 aromatic carbocycles. The Morgan fingerprint density at radius 2 is 2.28 bits per heavy atom. The minimum Gasteiger partial charge on any atom is -0.442 e. The fraction of sp³-hybridized carbons (Fsp3) is 0.333. The highest BCUT2D eigenvalue weighted by atomic mass is 79.9. The van der Waals surface area contributed by atoms with Gasteiger partial charge in [0, 0.05) is 11.5 Å². The van der Waals surface area contributed by atoms with Crippen LogP contribution in [0.5, 0.6) is 0 Å². The highest BCUT2D eigenvalue weighted by Gasteiger charge is 2.28. The maximum atomic E-state index is 11.9. The van der Waals surface area contributed by atoms with E-state index in [1.807, 2.05) is 6.07 Å². The van der Waals surface area contributed by atoms with Crippen LogP contribution in [0, 0.1) is 0 Å². The summed E-state index contributed by atoms with van der Waals surface area (Å²) in [5.41, 5.74) is 0.565. The van der Waals surface area contributed by atoms with E-state index in [9.17, 15) is 9.59 Å². The number of nitrogens with one attached hydrogen (secondary N) is 1. The smallest absolute Gasteiger partial charge is 0.410 e. The van der Waals surface area contributed by atoms with E-state index in [2.05, 4.69) is 21.2 Å². The second-order valence-corrected chi connectivity index (χ2v) is 4.93. The molecule has 1 fully saturated rings. The van der Waals surface area contributed by atoms with Crippen LogP contribution in [0.4, 0.5) is 4.79 Å². The zero-order chi connectivity index (χ0) is 13.1. The van der Waals surface area contributed by atoms with Crippen LogP contribution in [-0.4, -0.2) is 43.1 Å². The summed E-state index contributed by atoms with van der Waals surface area (Å²) in [6.07, 6.45) is -0.635. The molecule has 0 bridgehead atoms. The summed E-state index contributed by atoms with van der Waals surface area (Å²) in [6, 6.07) is 7.17. The fourth-order valence-electron chi connectivity index (χ4n) is 1.70. The third-order valence-electron chi connectivity index (χ3n) is 2.67. The molecule has 0 spiro atoms. The van der Waals surface area contributed by atoms with Crippen molar-refractivity contribution < 1.29 is 14.3 Å². The minimum absolute atomic E-state index is 0.187. The lowest BCUT2D eigenvalue weighted by atomic mass is 10.2. The third-order valence-corrected chi connectivity index (χ3v) is 3.36. The number of carbonyl (C=O) groups excluding carboxylic acids is 2. The van der Waals surface area contributed by atoms with Crippen molar-refractivity contribution in [3.8, 4) is 0 Å². The number of halogens is 1. The van der Waals surface area contributed by atoms with E-state index in [-0.39, 0.29) is 18.1 Å². The molecule has 1 unspecified atom stereocenters. The van der Waals surface area contributed by atoms with Crippen molar-refractivity contribution >= 4 is 27.9 Å². The number of hydrogen-bond acceptors (Lipinski definition) is 3. The van der Waals surface area contributed by atoms with E-state index in [0.717, 1.165) is 4.47 Å². The monoisotopic (exact) mass is 312 g/mol. The first-order valence-corrected chi connectivity index (χ1v) is 6.31. The predicted octanol–water partition coefficient (Wildman–Crippen LogP) is 1.63. The number of hydrogen-bond donors (Lipinski definition) is 1. The van der Waals surface area contributed by atoms with Crippen LogP contribution < -0.4 is 5.32 Å². The van der Waals surface area contributed by atoms with Gasteiger partial charge in [-0.3, -0.25) is 4.79 Å². The van der Waals surface area contributed by atoms with E-state index in [0.29, 0.717) is 18.7 Å². The Morgan fingerprint density at radius 3 is 2.89 bits per heavy atom. The summed E-state index contributed by atoms with van der Waals surface area (Å²) in [6.45, 7) is 0.811. The van der Waals surface area contributed by atoms with Crippen LogP contribution in [0.15, 0.2) is 28.7 Å². The standard InChI is InChI=1S/C12H13BrN2O3/c1-15-7-8(18-12(15)17)6-14-11(16)9-4-2-3-5-10(9)13/h2-5,8H,6-7H2,1H3,(H,14,16).